The first-order chi connectivity index (χ1) is 59.8. The van der Waals surface area contributed by atoms with E-state index < -0.39 is 18.3 Å². The molecule has 586 valence electrons. The van der Waals surface area contributed by atoms with Gasteiger partial charge in [0.25, 0.3) is 0 Å². The Morgan fingerprint density at radius 2 is 0.484 bits per heavy atom. The smallest absolute Gasteiger partial charge is 0.456 e. The number of halogens is 1. The summed E-state index contributed by atoms with van der Waals surface area (Å²) in [7, 11) is -0.542. The van der Waals surface area contributed by atoms with Crippen LogP contribution in [0.15, 0.2) is 421 Å². The average molecular weight is 1600 g/mol. The molecule has 1 aliphatic heterocycles. The standard InChI is InChI=1S/C51H34N4O.C42H36BNO3.C15H10ClN3/c1-5-15-35(16-6-1)37-25-29-42(30-26-37)55(43-31-27-38(28-32-43)36-17-7-2-8-18-36)45-33-41(34-47-48(45)44-23-13-14-24-46(44)56-47)51-53-49(39-19-9-3-10-20-39)52-50(54-51)40-21-11-4-12-22-40;1-41(2)42(3,4)47-43(46-41)33-27-37(40-36-17-11-12-18-38(36)45-39(40)28-33)44(34-23-19-31(20-24-34)29-13-7-5-8-14-29)35-25-21-32(22-26-35)30-15-9-6-10-16-30;16-15-18-13(11-7-3-1-4-8-11)17-14(19-15)12-9-5-2-6-10-12/h1-34H;5-28H,1-4H3;1-10H. The van der Waals surface area contributed by atoms with Crippen LogP contribution in [-0.4, -0.2) is 48.2 Å². The van der Waals surface area contributed by atoms with E-state index in [4.69, 9.17) is 44.7 Å². The Balaban J connectivity index is 0.000000134. The highest BCUT2D eigenvalue weighted by Crippen LogP contribution is 2.48. The van der Waals surface area contributed by atoms with Crippen molar-refractivity contribution >= 4 is 102 Å². The molecule has 0 atom stereocenters. The first kappa shape index (κ1) is 77.0. The maximum atomic E-state index is 6.66. The fraction of sp³-hybridized carbons (Fsp3) is 0.0556. The van der Waals surface area contributed by atoms with Gasteiger partial charge in [0.05, 0.1) is 33.3 Å². The van der Waals surface area contributed by atoms with Gasteiger partial charge in [-0.25, -0.2) is 19.9 Å². The van der Waals surface area contributed by atoms with Gasteiger partial charge in [-0.1, -0.05) is 328 Å². The summed E-state index contributed by atoms with van der Waals surface area (Å²) < 4.78 is 26.3. The lowest BCUT2D eigenvalue weighted by Gasteiger charge is -2.32. The highest BCUT2D eigenvalue weighted by Gasteiger charge is 2.52. The molecule has 0 radical (unpaired) electrons. The van der Waals surface area contributed by atoms with E-state index in [1.165, 1.54) is 33.4 Å². The highest BCUT2D eigenvalue weighted by molar-refractivity contribution is 6.62. The van der Waals surface area contributed by atoms with Gasteiger partial charge in [-0.05, 0) is 174 Å². The van der Waals surface area contributed by atoms with Crippen molar-refractivity contribution in [2.75, 3.05) is 9.80 Å². The molecule has 0 amide bonds. The van der Waals surface area contributed by atoms with Gasteiger partial charge >= 0.3 is 7.12 Å². The van der Waals surface area contributed by atoms with Gasteiger partial charge in [0.2, 0.25) is 5.28 Å². The Bertz CT molecular complexity index is 6750. The number of hydrogen-bond donors (Lipinski definition) is 0. The quantitative estimate of drug-likeness (QED) is 0.0854. The lowest BCUT2D eigenvalue weighted by atomic mass is 9.78. The van der Waals surface area contributed by atoms with Crippen LogP contribution in [0.25, 0.3) is 145 Å². The van der Waals surface area contributed by atoms with Crippen molar-refractivity contribution in [2.24, 2.45) is 0 Å². The molecule has 0 N–H and O–H groups in total. The van der Waals surface area contributed by atoms with Crippen molar-refractivity contribution in [1.82, 2.24) is 29.9 Å². The zero-order valence-electron chi connectivity index (χ0n) is 67.4. The number of furan rings is 2. The summed E-state index contributed by atoms with van der Waals surface area (Å²) in [6.07, 6.45) is 0. The monoisotopic (exact) mass is 1600 g/mol. The summed E-state index contributed by atoms with van der Waals surface area (Å²) in [5, 5.41) is 4.34. The van der Waals surface area contributed by atoms with E-state index in [0.717, 1.165) is 122 Å². The lowest BCUT2D eigenvalue weighted by molar-refractivity contribution is 0.00578. The second-order valence-electron chi connectivity index (χ2n) is 30.9. The Morgan fingerprint density at radius 3 is 0.795 bits per heavy atom. The van der Waals surface area contributed by atoms with E-state index in [-0.39, 0.29) is 5.28 Å². The molecule has 16 aromatic carbocycles. The molecule has 1 saturated heterocycles. The average Bonchev–Trinajstić information content (AvgIpc) is 1.60. The van der Waals surface area contributed by atoms with Gasteiger partial charge in [-0.3, -0.25) is 0 Å². The van der Waals surface area contributed by atoms with E-state index in [2.05, 4.69) is 295 Å². The van der Waals surface area contributed by atoms with Crippen molar-refractivity contribution in [3.05, 3.63) is 418 Å². The first-order valence-electron chi connectivity index (χ1n) is 40.7. The zero-order valence-corrected chi connectivity index (χ0v) is 68.2. The van der Waals surface area contributed by atoms with Gasteiger partial charge in [-0.15, -0.1) is 0 Å². The molecule has 1 fully saturated rings. The van der Waals surface area contributed by atoms with Crippen LogP contribution in [-0.2, 0) is 9.31 Å². The molecule has 0 bridgehead atoms. The van der Waals surface area contributed by atoms with Crippen molar-refractivity contribution in [3.8, 4) is 101 Å². The van der Waals surface area contributed by atoms with Crippen LogP contribution in [0.3, 0.4) is 0 Å². The third kappa shape index (κ3) is 16.1. The largest absolute Gasteiger partial charge is 0.495 e. The molecule has 20 aromatic rings. The minimum absolute atomic E-state index is 0.202. The van der Waals surface area contributed by atoms with Gasteiger partial charge in [-0.2, -0.15) is 9.97 Å². The van der Waals surface area contributed by atoms with E-state index >= 15 is 0 Å². The Morgan fingerprint density at radius 1 is 0.238 bits per heavy atom. The molecule has 0 spiro atoms. The molecule has 12 nitrogen and oxygen atoms in total. The molecule has 5 heterocycles. The molecule has 0 saturated carbocycles. The minimum Gasteiger partial charge on any atom is -0.456 e. The highest BCUT2D eigenvalue weighted by atomic mass is 35.5. The first-order valence-corrected chi connectivity index (χ1v) is 41.1. The summed E-state index contributed by atoms with van der Waals surface area (Å²) in [4.78, 5) is 32.6. The minimum atomic E-state index is -0.542. The molecule has 122 heavy (non-hydrogen) atoms. The van der Waals surface area contributed by atoms with Gasteiger partial charge in [0, 0.05) is 61.3 Å². The van der Waals surface area contributed by atoms with Gasteiger partial charge in [0.15, 0.2) is 29.1 Å². The Labute approximate surface area is 713 Å². The van der Waals surface area contributed by atoms with Crippen molar-refractivity contribution in [3.63, 3.8) is 0 Å². The number of benzene rings is 16. The van der Waals surface area contributed by atoms with Crippen molar-refractivity contribution in [1.29, 1.82) is 0 Å². The van der Waals surface area contributed by atoms with Crippen LogP contribution < -0.4 is 15.3 Å². The SMILES string of the molecule is CC1(C)OB(c2cc(N(c3ccc(-c4ccccc4)cc3)c3ccc(-c4ccccc4)cc3)c3c(c2)oc2ccccc23)OC1(C)C.Clc1nc(-c2ccccc2)nc(-c2ccccc2)n1.c1ccc(-c2ccc(N(c3ccc(-c4ccccc4)cc3)c3cc(-c4nc(-c5ccccc5)nc(-c5ccccc5)n4)cc4oc5ccccc5c34)cc2)cc1. The second-order valence-corrected chi connectivity index (χ2v) is 31.2. The van der Waals surface area contributed by atoms with E-state index in [0.29, 0.717) is 29.1 Å². The third-order valence-corrected chi connectivity index (χ3v) is 22.7. The Kier molecular flexibility index (Phi) is 21.3. The maximum Gasteiger partial charge on any atom is 0.495 e. The molecule has 0 aliphatic carbocycles. The van der Waals surface area contributed by atoms with Crippen LogP contribution in [0.1, 0.15) is 27.7 Å². The number of fused-ring (bicyclic) bond motifs is 6. The number of rotatable bonds is 16. The summed E-state index contributed by atoms with van der Waals surface area (Å²) >= 11 is 5.99. The molecular formula is C108H80BClN8O4. The van der Waals surface area contributed by atoms with Crippen LogP contribution in [0.2, 0.25) is 5.28 Å². The lowest BCUT2D eigenvalue weighted by Crippen LogP contribution is -2.41. The second kappa shape index (κ2) is 33.8. The summed E-state index contributed by atoms with van der Waals surface area (Å²) in [6.45, 7) is 8.34. The predicted molar refractivity (Wildman–Crippen MR) is 500 cm³/mol. The Hall–Kier alpha value is -15.0. The fourth-order valence-electron chi connectivity index (χ4n) is 15.6. The fourth-order valence-corrected chi connectivity index (χ4v) is 15.8. The number of aromatic nitrogens is 6. The van der Waals surface area contributed by atoms with Gasteiger partial charge in [0.1, 0.15) is 22.3 Å². The number of hydrogen-bond acceptors (Lipinski definition) is 12. The predicted octanol–water partition coefficient (Wildman–Crippen LogP) is 28.1. The molecule has 14 heteroatoms. The molecule has 0 unspecified atom stereocenters. The zero-order chi connectivity index (χ0) is 82.5. The number of anilines is 6. The number of nitrogens with zero attached hydrogens (tertiary/aromatic N) is 8. The summed E-state index contributed by atoms with van der Waals surface area (Å²) in [6, 6.07) is 142. The molecule has 1 aliphatic rings. The summed E-state index contributed by atoms with van der Waals surface area (Å²) in [5.74, 6) is 2.93. The van der Waals surface area contributed by atoms with Crippen molar-refractivity contribution in [2.45, 2.75) is 38.9 Å². The maximum absolute atomic E-state index is 6.66. The van der Waals surface area contributed by atoms with Gasteiger partial charge < -0.3 is 27.9 Å². The van der Waals surface area contributed by atoms with E-state index in [9.17, 15) is 0 Å². The van der Waals surface area contributed by atoms with E-state index in [1.807, 2.05) is 170 Å². The topological polar surface area (TPSA) is 129 Å². The van der Waals surface area contributed by atoms with E-state index in [1.54, 1.807) is 0 Å². The third-order valence-electron chi connectivity index (χ3n) is 22.5. The van der Waals surface area contributed by atoms with Crippen LogP contribution in [0, 0.1) is 0 Å². The summed E-state index contributed by atoms with van der Waals surface area (Å²) in [5.41, 5.74) is 23.0. The molecule has 4 aromatic heterocycles. The molecule has 21 rings (SSSR count). The molecular weight excluding hydrogens is 1520 g/mol. The number of para-hydroxylation sites is 2. The van der Waals surface area contributed by atoms with Crippen molar-refractivity contribution < 1.29 is 18.1 Å². The van der Waals surface area contributed by atoms with Crippen LogP contribution in [0.5, 0.6) is 0 Å². The van der Waals surface area contributed by atoms with Crippen LogP contribution >= 0.6 is 11.6 Å². The normalized spacial score (nSPS) is 12.7. The van der Waals surface area contributed by atoms with Crippen LogP contribution in [0.4, 0.5) is 34.1 Å².